The molecule has 4 nitrogen and oxygen atoms in total. The molecule has 0 radical (unpaired) electrons. The predicted molar refractivity (Wildman–Crippen MR) is 73.7 cm³/mol. The van der Waals surface area contributed by atoms with Crippen LogP contribution in [0, 0.1) is 6.92 Å². The number of aryl methyl sites for hydroxylation is 1. The molecular formula is C15H15NO3. The smallest absolute Gasteiger partial charge is 0.261 e. The van der Waals surface area contributed by atoms with Crippen molar-refractivity contribution in [2.75, 3.05) is 11.9 Å². The van der Waals surface area contributed by atoms with Gasteiger partial charge in [0.05, 0.1) is 5.56 Å². The zero-order valence-corrected chi connectivity index (χ0v) is 10.8. The molecule has 2 N–H and O–H groups in total. The average Bonchev–Trinajstić information content (AvgIpc) is 2.38. The van der Waals surface area contributed by atoms with E-state index in [1.165, 1.54) is 17.0 Å². The summed E-state index contributed by atoms with van der Waals surface area (Å²) in [6, 6.07) is 11.2. The molecule has 19 heavy (non-hydrogen) atoms. The minimum Gasteiger partial charge on any atom is -0.508 e. The van der Waals surface area contributed by atoms with Gasteiger partial charge in [0.25, 0.3) is 5.91 Å². The second-order valence-corrected chi connectivity index (χ2v) is 4.40. The normalized spacial score (nSPS) is 10.2. The molecular weight excluding hydrogens is 242 g/mol. The van der Waals surface area contributed by atoms with Crippen molar-refractivity contribution in [1.29, 1.82) is 0 Å². The van der Waals surface area contributed by atoms with Crippen molar-refractivity contribution in [2.24, 2.45) is 0 Å². The summed E-state index contributed by atoms with van der Waals surface area (Å²) in [5.41, 5.74) is 1.78. The maximum absolute atomic E-state index is 12.3. The summed E-state index contributed by atoms with van der Waals surface area (Å²) in [6.07, 6.45) is 0. The molecule has 2 aromatic rings. The molecule has 0 saturated heterocycles. The van der Waals surface area contributed by atoms with Gasteiger partial charge in [-0.05, 0) is 48.9 Å². The Morgan fingerprint density at radius 3 is 2.26 bits per heavy atom. The molecule has 0 atom stereocenters. The molecule has 98 valence electrons. The number of phenols is 2. The van der Waals surface area contributed by atoms with E-state index in [4.69, 9.17) is 0 Å². The van der Waals surface area contributed by atoms with Gasteiger partial charge in [0.2, 0.25) is 0 Å². The Labute approximate surface area is 111 Å². The molecule has 2 rings (SSSR count). The number of nitrogens with zero attached hydrogens (tertiary/aromatic N) is 1. The van der Waals surface area contributed by atoms with E-state index in [9.17, 15) is 15.0 Å². The Morgan fingerprint density at radius 2 is 1.68 bits per heavy atom. The molecule has 2 aromatic carbocycles. The van der Waals surface area contributed by atoms with Crippen LogP contribution in [0.25, 0.3) is 0 Å². The fourth-order valence-corrected chi connectivity index (χ4v) is 1.80. The van der Waals surface area contributed by atoms with Crippen molar-refractivity contribution < 1.29 is 15.0 Å². The minimum atomic E-state index is -0.303. The maximum atomic E-state index is 12.3. The van der Waals surface area contributed by atoms with Gasteiger partial charge in [0.1, 0.15) is 11.5 Å². The van der Waals surface area contributed by atoms with Gasteiger partial charge in [0, 0.05) is 12.7 Å². The second-order valence-electron chi connectivity index (χ2n) is 4.40. The van der Waals surface area contributed by atoms with Gasteiger partial charge in [-0.15, -0.1) is 0 Å². The Kier molecular flexibility index (Phi) is 3.42. The molecule has 0 bridgehead atoms. The lowest BCUT2D eigenvalue weighted by atomic mass is 10.1. The third-order valence-corrected chi connectivity index (χ3v) is 2.93. The first-order chi connectivity index (χ1) is 8.99. The number of aromatic hydroxyl groups is 2. The van der Waals surface area contributed by atoms with Crippen LogP contribution < -0.4 is 4.90 Å². The van der Waals surface area contributed by atoms with E-state index in [2.05, 4.69) is 0 Å². The third-order valence-electron chi connectivity index (χ3n) is 2.93. The van der Waals surface area contributed by atoms with Crippen LogP contribution in [0.4, 0.5) is 5.69 Å². The average molecular weight is 257 g/mol. The van der Waals surface area contributed by atoms with Gasteiger partial charge in [0.15, 0.2) is 0 Å². The number of hydrogen-bond donors (Lipinski definition) is 2. The molecule has 0 aromatic heterocycles. The molecule has 0 unspecified atom stereocenters. The van der Waals surface area contributed by atoms with Crippen molar-refractivity contribution in [1.82, 2.24) is 0 Å². The topological polar surface area (TPSA) is 60.8 Å². The summed E-state index contributed by atoms with van der Waals surface area (Å²) in [6.45, 7) is 1.84. The van der Waals surface area contributed by atoms with Gasteiger partial charge < -0.3 is 15.1 Å². The van der Waals surface area contributed by atoms with Crippen molar-refractivity contribution >= 4 is 11.6 Å². The van der Waals surface area contributed by atoms with Crippen LogP contribution in [-0.4, -0.2) is 23.2 Å². The quantitative estimate of drug-likeness (QED) is 0.869. The first-order valence-corrected chi connectivity index (χ1v) is 5.86. The summed E-state index contributed by atoms with van der Waals surface area (Å²) in [7, 11) is 1.62. The van der Waals surface area contributed by atoms with Crippen molar-refractivity contribution in [3.05, 3.63) is 53.6 Å². The van der Waals surface area contributed by atoms with E-state index >= 15 is 0 Å². The maximum Gasteiger partial charge on any atom is 0.261 e. The minimum absolute atomic E-state index is 0.0318. The number of carbonyl (C=O) groups excluding carboxylic acids is 1. The molecule has 1 amide bonds. The molecule has 0 spiro atoms. The standard InChI is InChI=1S/C15H15NO3/c1-10-3-8-13(14(18)9-10)15(19)16(2)11-4-6-12(17)7-5-11/h3-9,17-18H,1-2H3. The molecule has 0 fully saturated rings. The molecule has 0 aliphatic carbocycles. The number of amides is 1. The van der Waals surface area contributed by atoms with Crippen LogP contribution >= 0.6 is 0 Å². The number of benzene rings is 2. The monoisotopic (exact) mass is 257 g/mol. The van der Waals surface area contributed by atoms with Crippen LogP contribution in [0.3, 0.4) is 0 Å². The third kappa shape index (κ3) is 2.68. The van der Waals surface area contributed by atoms with E-state index in [0.29, 0.717) is 5.69 Å². The molecule has 4 heteroatoms. The van der Waals surface area contributed by atoms with Crippen molar-refractivity contribution in [3.8, 4) is 11.5 Å². The highest BCUT2D eigenvalue weighted by atomic mass is 16.3. The Bertz CT molecular complexity index is 605. The zero-order chi connectivity index (χ0) is 14.0. The van der Waals surface area contributed by atoms with Crippen molar-refractivity contribution in [3.63, 3.8) is 0 Å². The van der Waals surface area contributed by atoms with Gasteiger partial charge >= 0.3 is 0 Å². The molecule has 0 heterocycles. The first kappa shape index (κ1) is 13.0. The van der Waals surface area contributed by atoms with E-state index in [0.717, 1.165) is 5.56 Å². The highest BCUT2D eigenvalue weighted by Crippen LogP contribution is 2.23. The molecule has 0 aliphatic rings. The second kappa shape index (κ2) is 5.02. The Hall–Kier alpha value is -2.49. The highest BCUT2D eigenvalue weighted by molar-refractivity contribution is 6.07. The fraction of sp³-hybridized carbons (Fsp3) is 0.133. The van der Waals surface area contributed by atoms with Gasteiger partial charge in [-0.3, -0.25) is 4.79 Å². The highest BCUT2D eigenvalue weighted by Gasteiger charge is 2.17. The fourth-order valence-electron chi connectivity index (χ4n) is 1.80. The van der Waals surface area contributed by atoms with Crippen LogP contribution in [0.15, 0.2) is 42.5 Å². The van der Waals surface area contributed by atoms with Crippen LogP contribution in [0.2, 0.25) is 0 Å². The van der Waals surface area contributed by atoms with E-state index in [1.807, 2.05) is 6.92 Å². The lowest BCUT2D eigenvalue weighted by molar-refractivity contribution is 0.0990. The summed E-state index contributed by atoms with van der Waals surface area (Å²) >= 11 is 0. The molecule has 0 aliphatic heterocycles. The Balaban J connectivity index is 2.30. The van der Waals surface area contributed by atoms with Crippen molar-refractivity contribution in [2.45, 2.75) is 6.92 Å². The zero-order valence-electron chi connectivity index (χ0n) is 10.8. The Morgan fingerprint density at radius 1 is 1.05 bits per heavy atom. The van der Waals surface area contributed by atoms with E-state index in [-0.39, 0.29) is 23.0 Å². The van der Waals surface area contributed by atoms with Crippen LogP contribution in [-0.2, 0) is 0 Å². The number of phenolic OH excluding ortho intramolecular Hbond substituents is 2. The van der Waals surface area contributed by atoms with E-state index < -0.39 is 0 Å². The lowest BCUT2D eigenvalue weighted by Gasteiger charge is -2.18. The lowest BCUT2D eigenvalue weighted by Crippen LogP contribution is -2.26. The van der Waals surface area contributed by atoms with Crippen LogP contribution in [0.1, 0.15) is 15.9 Å². The van der Waals surface area contributed by atoms with E-state index in [1.54, 1.807) is 37.4 Å². The summed E-state index contributed by atoms with van der Waals surface area (Å²) in [5.74, 6) is -0.193. The van der Waals surface area contributed by atoms with Gasteiger partial charge in [-0.25, -0.2) is 0 Å². The summed E-state index contributed by atoms with van der Waals surface area (Å²) in [4.78, 5) is 13.7. The number of rotatable bonds is 2. The summed E-state index contributed by atoms with van der Waals surface area (Å²) in [5, 5.41) is 19.0. The molecule has 0 saturated carbocycles. The largest absolute Gasteiger partial charge is 0.508 e. The van der Waals surface area contributed by atoms with Gasteiger partial charge in [-0.2, -0.15) is 0 Å². The first-order valence-electron chi connectivity index (χ1n) is 5.86. The predicted octanol–water partition coefficient (Wildman–Crippen LogP) is 2.68. The number of carbonyl (C=O) groups is 1. The summed E-state index contributed by atoms with van der Waals surface area (Å²) < 4.78 is 0. The number of anilines is 1. The number of hydrogen-bond acceptors (Lipinski definition) is 3. The van der Waals surface area contributed by atoms with Crippen LogP contribution in [0.5, 0.6) is 11.5 Å². The SMILES string of the molecule is Cc1ccc(C(=O)N(C)c2ccc(O)cc2)c(O)c1. The van der Waals surface area contributed by atoms with Gasteiger partial charge in [-0.1, -0.05) is 6.07 Å².